The van der Waals surface area contributed by atoms with Gasteiger partial charge in [-0.15, -0.1) is 10.2 Å². The number of carbonyl (C=O) groups excluding carboxylic acids is 1. The van der Waals surface area contributed by atoms with Crippen molar-refractivity contribution >= 4 is 5.91 Å². The van der Waals surface area contributed by atoms with Crippen LogP contribution in [0, 0.1) is 5.41 Å². The van der Waals surface area contributed by atoms with Gasteiger partial charge in [0.1, 0.15) is 12.4 Å². The van der Waals surface area contributed by atoms with Gasteiger partial charge in [0, 0.05) is 38.4 Å². The highest BCUT2D eigenvalue weighted by Gasteiger charge is 2.37. The summed E-state index contributed by atoms with van der Waals surface area (Å²) in [6.45, 7) is 4.90. The van der Waals surface area contributed by atoms with Gasteiger partial charge in [-0.3, -0.25) is 9.48 Å². The second-order valence-electron chi connectivity index (χ2n) is 7.20. The van der Waals surface area contributed by atoms with Crippen molar-refractivity contribution in [2.75, 3.05) is 13.1 Å². The molecule has 0 saturated heterocycles. The van der Waals surface area contributed by atoms with Crippen molar-refractivity contribution in [3.8, 4) is 0 Å². The number of hydrogen-bond donors (Lipinski definition) is 0. The maximum Gasteiger partial charge on any atom is 0.228 e. The molecule has 132 valence electrons. The van der Waals surface area contributed by atoms with Crippen LogP contribution in [0.4, 0.5) is 0 Å². The first kappa shape index (κ1) is 16.1. The molecule has 25 heavy (non-hydrogen) atoms. The number of aromatic nitrogens is 5. The zero-order chi connectivity index (χ0) is 17.3. The second kappa shape index (κ2) is 6.46. The lowest BCUT2D eigenvalue weighted by atomic mass is 9.77. The monoisotopic (exact) mass is 340 g/mol. The topological polar surface area (TPSA) is 68.8 Å². The number of hydrogen-bond acceptors (Lipinski definition) is 4. The predicted molar refractivity (Wildman–Crippen MR) is 92.7 cm³/mol. The van der Waals surface area contributed by atoms with E-state index in [0.717, 1.165) is 57.0 Å². The van der Waals surface area contributed by atoms with E-state index in [1.54, 1.807) is 6.20 Å². The molecule has 0 fully saturated rings. The molecular weight excluding hydrogens is 316 g/mol. The largest absolute Gasteiger partial charge is 0.340 e. The molecule has 1 unspecified atom stereocenters. The second-order valence-corrected chi connectivity index (χ2v) is 7.20. The Morgan fingerprint density at radius 2 is 2.16 bits per heavy atom. The van der Waals surface area contributed by atoms with E-state index < -0.39 is 0 Å². The van der Waals surface area contributed by atoms with Gasteiger partial charge in [-0.1, -0.05) is 19.1 Å². The maximum absolute atomic E-state index is 13.1. The Hall–Kier alpha value is -2.44. The SMILES string of the molecule is CC1(C(=O)N2CCc3nnc(Cn4cccn4)n3CC2)CC=CCC1. The molecule has 0 bridgehead atoms. The van der Waals surface area contributed by atoms with E-state index in [1.807, 2.05) is 21.8 Å². The fraction of sp³-hybridized carbons (Fsp3) is 0.556. The average Bonchev–Trinajstić information content (AvgIpc) is 3.21. The molecule has 1 aliphatic heterocycles. The van der Waals surface area contributed by atoms with Crippen LogP contribution in [0.3, 0.4) is 0 Å². The number of nitrogens with zero attached hydrogens (tertiary/aromatic N) is 6. The van der Waals surface area contributed by atoms with Crippen LogP contribution in [0.2, 0.25) is 0 Å². The van der Waals surface area contributed by atoms with E-state index in [4.69, 9.17) is 0 Å². The molecule has 7 heteroatoms. The van der Waals surface area contributed by atoms with Crippen molar-refractivity contribution in [3.05, 3.63) is 42.3 Å². The number of fused-ring (bicyclic) bond motifs is 1. The molecule has 7 nitrogen and oxygen atoms in total. The van der Waals surface area contributed by atoms with Crippen molar-refractivity contribution < 1.29 is 4.79 Å². The minimum absolute atomic E-state index is 0.253. The Balaban J connectivity index is 1.48. The fourth-order valence-electron chi connectivity index (χ4n) is 3.78. The third kappa shape index (κ3) is 3.10. The smallest absolute Gasteiger partial charge is 0.228 e. The first-order valence-corrected chi connectivity index (χ1v) is 8.98. The van der Waals surface area contributed by atoms with Gasteiger partial charge >= 0.3 is 0 Å². The summed E-state index contributed by atoms with van der Waals surface area (Å²) >= 11 is 0. The zero-order valence-electron chi connectivity index (χ0n) is 14.6. The Kier molecular flexibility index (Phi) is 4.15. The molecule has 0 aromatic carbocycles. The Bertz CT molecular complexity index is 778. The van der Waals surface area contributed by atoms with Crippen LogP contribution in [0.25, 0.3) is 0 Å². The minimum atomic E-state index is -0.253. The summed E-state index contributed by atoms with van der Waals surface area (Å²) in [5.41, 5.74) is -0.253. The van der Waals surface area contributed by atoms with Gasteiger partial charge in [-0.25, -0.2) is 0 Å². The van der Waals surface area contributed by atoms with Crippen molar-refractivity contribution in [2.24, 2.45) is 5.41 Å². The molecule has 1 atom stereocenters. The lowest BCUT2D eigenvalue weighted by Crippen LogP contribution is -2.44. The molecule has 1 amide bonds. The molecule has 2 aromatic heterocycles. The summed E-state index contributed by atoms with van der Waals surface area (Å²) in [6.07, 6.45) is 11.6. The number of rotatable bonds is 3. The van der Waals surface area contributed by atoms with Crippen molar-refractivity contribution in [1.29, 1.82) is 0 Å². The van der Waals surface area contributed by atoms with Crippen molar-refractivity contribution in [1.82, 2.24) is 29.4 Å². The summed E-state index contributed by atoms with van der Waals surface area (Å²) in [5, 5.41) is 12.9. The first-order valence-electron chi connectivity index (χ1n) is 8.98. The lowest BCUT2D eigenvalue weighted by molar-refractivity contribution is -0.141. The molecule has 4 rings (SSSR count). The standard InChI is InChI=1S/C18H24N6O/c1-18(7-3-2-4-8-18)17(25)22-11-6-15-20-21-16(24(15)13-12-22)14-23-10-5-9-19-23/h2-3,5,9-10H,4,6-8,11-14H2,1H3. The maximum atomic E-state index is 13.1. The van der Waals surface area contributed by atoms with Gasteiger partial charge in [-0.2, -0.15) is 5.10 Å². The van der Waals surface area contributed by atoms with E-state index in [9.17, 15) is 4.79 Å². The summed E-state index contributed by atoms with van der Waals surface area (Å²) in [7, 11) is 0. The summed E-state index contributed by atoms with van der Waals surface area (Å²) in [5.74, 6) is 2.15. The molecule has 0 spiro atoms. The fourth-order valence-corrected chi connectivity index (χ4v) is 3.78. The number of amides is 1. The highest BCUT2D eigenvalue weighted by atomic mass is 16.2. The van der Waals surface area contributed by atoms with Crippen LogP contribution < -0.4 is 0 Å². The van der Waals surface area contributed by atoms with Crippen LogP contribution in [0.15, 0.2) is 30.6 Å². The van der Waals surface area contributed by atoms with Gasteiger partial charge in [0.05, 0.1) is 5.41 Å². The van der Waals surface area contributed by atoms with Gasteiger partial charge in [0.2, 0.25) is 5.91 Å². The van der Waals surface area contributed by atoms with Gasteiger partial charge in [0.15, 0.2) is 5.82 Å². The lowest BCUT2D eigenvalue weighted by Gasteiger charge is -2.34. The third-order valence-corrected chi connectivity index (χ3v) is 5.37. The molecule has 0 radical (unpaired) electrons. The van der Waals surface area contributed by atoms with E-state index >= 15 is 0 Å². The van der Waals surface area contributed by atoms with Crippen LogP contribution in [0.1, 0.15) is 37.8 Å². The van der Waals surface area contributed by atoms with Crippen molar-refractivity contribution in [2.45, 2.75) is 45.7 Å². The summed E-state index contributed by atoms with van der Waals surface area (Å²) in [4.78, 5) is 15.1. The summed E-state index contributed by atoms with van der Waals surface area (Å²) in [6, 6.07) is 1.90. The normalized spacial score (nSPS) is 23.3. The number of allylic oxidation sites excluding steroid dienone is 2. The highest BCUT2D eigenvalue weighted by Crippen LogP contribution is 2.34. The van der Waals surface area contributed by atoms with Gasteiger partial charge < -0.3 is 9.47 Å². The number of carbonyl (C=O) groups is 1. The molecule has 3 heterocycles. The van der Waals surface area contributed by atoms with Crippen LogP contribution in [0.5, 0.6) is 0 Å². The predicted octanol–water partition coefficient (Wildman–Crippen LogP) is 1.65. The Labute approximate surface area is 147 Å². The highest BCUT2D eigenvalue weighted by molar-refractivity contribution is 5.82. The minimum Gasteiger partial charge on any atom is -0.340 e. The quantitative estimate of drug-likeness (QED) is 0.797. The molecule has 0 N–H and O–H groups in total. The molecule has 1 aliphatic carbocycles. The van der Waals surface area contributed by atoms with E-state index in [0.29, 0.717) is 6.54 Å². The van der Waals surface area contributed by atoms with Crippen LogP contribution in [-0.4, -0.2) is 48.4 Å². The van der Waals surface area contributed by atoms with E-state index in [-0.39, 0.29) is 11.3 Å². The van der Waals surface area contributed by atoms with Gasteiger partial charge in [0.25, 0.3) is 0 Å². The molecule has 2 aromatic rings. The van der Waals surface area contributed by atoms with Gasteiger partial charge in [-0.05, 0) is 25.3 Å². The third-order valence-electron chi connectivity index (χ3n) is 5.37. The average molecular weight is 340 g/mol. The van der Waals surface area contributed by atoms with Crippen molar-refractivity contribution in [3.63, 3.8) is 0 Å². The summed E-state index contributed by atoms with van der Waals surface area (Å²) < 4.78 is 4.00. The Morgan fingerprint density at radius 1 is 1.24 bits per heavy atom. The first-order chi connectivity index (χ1) is 12.2. The van der Waals surface area contributed by atoms with E-state index in [2.05, 4.69) is 38.9 Å². The molecule has 0 saturated carbocycles. The zero-order valence-corrected chi connectivity index (χ0v) is 14.6. The Morgan fingerprint density at radius 3 is 2.92 bits per heavy atom. The molecular formula is C18H24N6O. The van der Waals surface area contributed by atoms with E-state index in [1.165, 1.54) is 0 Å². The van der Waals surface area contributed by atoms with Crippen LogP contribution >= 0.6 is 0 Å². The molecule has 2 aliphatic rings. The van der Waals surface area contributed by atoms with Crippen LogP contribution in [-0.2, 0) is 24.3 Å².